The Morgan fingerprint density at radius 3 is 2.62 bits per heavy atom. The Labute approximate surface area is 219 Å². The average molecular weight is 507 g/mol. The number of nitrogens with zero attached hydrogens (tertiary/aromatic N) is 2. The molecular weight excluding hydrogens is 468 g/mol. The van der Waals surface area contributed by atoms with E-state index in [4.69, 9.17) is 23.9 Å². The Balaban J connectivity index is 1.82. The number of methoxy groups -OCH3 is 1. The molecule has 1 fully saturated rings. The number of pyridine rings is 1. The van der Waals surface area contributed by atoms with Crippen LogP contribution in [0.4, 0.5) is 0 Å². The molecule has 1 unspecified atom stereocenters. The van der Waals surface area contributed by atoms with Crippen LogP contribution in [0.1, 0.15) is 67.8 Å². The van der Waals surface area contributed by atoms with Gasteiger partial charge in [0.2, 0.25) is 0 Å². The fourth-order valence-electron chi connectivity index (χ4n) is 5.47. The zero-order chi connectivity index (χ0) is 26.5. The van der Waals surface area contributed by atoms with Gasteiger partial charge in [-0.25, -0.2) is 9.78 Å². The summed E-state index contributed by atoms with van der Waals surface area (Å²) in [7, 11) is 1.41. The lowest BCUT2D eigenvalue weighted by atomic mass is 9.89. The van der Waals surface area contributed by atoms with Gasteiger partial charge < -0.3 is 23.5 Å². The maximum atomic E-state index is 13.2. The van der Waals surface area contributed by atoms with Crippen molar-refractivity contribution in [3.05, 3.63) is 46.3 Å². The quantitative estimate of drug-likeness (QED) is 0.395. The Hall–Kier alpha value is -2.90. The standard InChI is InChI=1S/C30H38N2O5/c1-17-19(3)32(16-22-12-14-35-22)28-24(17)26(21-10-11-23-20(15-21)9-8-13-36-23)25(18(2)31-28)27(29(33)34-7)37-30(4,5)6/h10-11,15,22,27H,8-9,12-14,16H2,1-7H3/t22?,27-/m0/s1. The lowest BCUT2D eigenvalue weighted by molar-refractivity contribution is -0.164. The van der Waals surface area contributed by atoms with Gasteiger partial charge in [-0.05, 0) is 89.6 Å². The highest BCUT2D eigenvalue weighted by atomic mass is 16.6. The fourth-order valence-corrected chi connectivity index (χ4v) is 5.47. The summed E-state index contributed by atoms with van der Waals surface area (Å²) in [5.74, 6) is 0.500. The summed E-state index contributed by atoms with van der Waals surface area (Å²) in [6.07, 6.45) is 2.29. The predicted octanol–water partition coefficient (Wildman–Crippen LogP) is 5.77. The first-order valence-electron chi connectivity index (χ1n) is 13.2. The van der Waals surface area contributed by atoms with Crippen molar-refractivity contribution in [1.82, 2.24) is 9.55 Å². The molecule has 0 radical (unpaired) electrons. The molecule has 0 saturated carbocycles. The second-order valence-corrected chi connectivity index (χ2v) is 11.2. The first-order chi connectivity index (χ1) is 17.6. The normalized spacial score (nSPS) is 18.2. The van der Waals surface area contributed by atoms with Crippen LogP contribution in [0, 0.1) is 20.8 Å². The van der Waals surface area contributed by atoms with E-state index in [9.17, 15) is 4.79 Å². The first-order valence-corrected chi connectivity index (χ1v) is 13.2. The van der Waals surface area contributed by atoms with Gasteiger partial charge in [0.1, 0.15) is 11.4 Å². The Morgan fingerprint density at radius 2 is 1.97 bits per heavy atom. The van der Waals surface area contributed by atoms with Gasteiger partial charge in [0.15, 0.2) is 6.10 Å². The van der Waals surface area contributed by atoms with Gasteiger partial charge in [0.05, 0.1) is 32.0 Å². The van der Waals surface area contributed by atoms with Crippen molar-refractivity contribution < 1.29 is 23.7 Å². The van der Waals surface area contributed by atoms with Crippen LogP contribution >= 0.6 is 0 Å². The molecule has 2 aromatic heterocycles. The average Bonchev–Trinajstić information content (AvgIpc) is 3.06. The minimum Gasteiger partial charge on any atom is -0.493 e. The van der Waals surface area contributed by atoms with Crippen molar-refractivity contribution in [3.8, 4) is 16.9 Å². The minimum atomic E-state index is -0.915. The molecule has 0 bridgehead atoms. The van der Waals surface area contributed by atoms with Gasteiger partial charge in [-0.1, -0.05) is 6.07 Å². The lowest BCUT2D eigenvalue weighted by Crippen LogP contribution is -2.31. The topological polar surface area (TPSA) is 71.8 Å². The van der Waals surface area contributed by atoms with Crippen LogP contribution in [-0.2, 0) is 32.0 Å². The smallest absolute Gasteiger partial charge is 0.339 e. The van der Waals surface area contributed by atoms with E-state index in [1.807, 2.05) is 33.8 Å². The van der Waals surface area contributed by atoms with E-state index in [0.717, 1.165) is 89.4 Å². The van der Waals surface area contributed by atoms with Crippen LogP contribution < -0.4 is 4.74 Å². The zero-order valence-electron chi connectivity index (χ0n) is 23.1. The van der Waals surface area contributed by atoms with Gasteiger partial charge in [-0.3, -0.25) is 0 Å². The van der Waals surface area contributed by atoms with Crippen LogP contribution in [0.2, 0.25) is 0 Å². The molecule has 0 amide bonds. The fraction of sp³-hybridized carbons (Fsp3) is 0.533. The van der Waals surface area contributed by atoms with E-state index in [0.29, 0.717) is 0 Å². The van der Waals surface area contributed by atoms with E-state index in [2.05, 4.69) is 30.5 Å². The third kappa shape index (κ3) is 4.75. The number of hydrogen-bond donors (Lipinski definition) is 0. The van der Waals surface area contributed by atoms with Crippen molar-refractivity contribution in [2.45, 2.75) is 85.2 Å². The third-order valence-electron chi connectivity index (χ3n) is 7.51. The van der Waals surface area contributed by atoms with Gasteiger partial charge in [0, 0.05) is 34.5 Å². The zero-order valence-corrected chi connectivity index (χ0v) is 23.1. The van der Waals surface area contributed by atoms with Crippen LogP contribution in [0.15, 0.2) is 18.2 Å². The number of fused-ring (bicyclic) bond motifs is 2. The molecule has 7 nitrogen and oxygen atoms in total. The summed E-state index contributed by atoms with van der Waals surface area (Å²) in [6, 6.07) is 6.35. The molecule has 5 rings (SSSR count). The molecule has 0 aliphatic carbocycles. The van der Waals surface area contributed by atoms with Gasteiger partial charge >= 0.3 is 5.97 Å². The van der Waals surface area contributed by atoms with Gasteiger partial charge in [-0.15, -0.1) is 0 Å². The highest BCUT2D eigenvalue weighted by Crippen LogP contribution is 2.43. The van der Waals surface area contributed by atoms with E-state index >= 15 is 0 Å². The number of esters is 1. The molecule has 0 N–H and O–H groups in total. The molecule has 198 valence electrons. The molecule has 2 aliphatic heterocycles. The second kappa shape index (κ2) is 9.76. The molecule has 2 atom stereocenters. The maximum absolute atomic E-state index is 13.2. The van der Waals surface area contributed by atoms with Crippen molar-refractivity contribution in [2.75, 3.05) is 20.3 Å². The summed E-state index contributed by atoms with van der Waals surface area (Å²) in [5, 5.41) is 1.04. The van der Waals surface area contributed by atoms with E-state index in [1.165, 1.54) is 12.7 Å². The van der Waals surface area contributed by atoms with Crippen molar-refractivity contribution in [3.63, 3.8) is 0 Å². The van der Waals surface area contributed by atoms with Crippen LogP contribution in [0.3, 0.4) is 0 Å². The number of hydrogen-bond acceptors (Lipinski definition) is 6. The Bertz CT molecular complexity index is 1350. The molecule has 3 aromatic rings. The van der Waals surface area contributed by atoms with E-state index in [1.54, 1.807) is 0 Å². The number of carbonyl (C=O) groups is 1. The minimum absolute atomic E-state index is 0.201. The van der Waals surface area contributed by atoms with Crippen LogP contribution in [-0.4, -0.2) is 47.5 Å². The molecular formula is C30H38N2O5. The van der Waals surface area contributed by atoms with Gasteiger partial charge in [-0.2, -0.15) is 0 Å². The van der Waals surface area contributed by atoms with E-state index < -0.39 is 17.7 Å². The van der Waals surface area contributed by atoms with Crippen LogP contribution in [0.25, 0.3) is 22.2 Å². The molecule has 2 aliphatic rings. The van der Waals surface area contributed by atoms with Gasteiger partial charge in [0.25, 0.3) is 0 Å². The lowest BCUT2D eigenvalue weighted by Gasteiger charge is -2.29. The molecule has 37 heavy (non-hydrogen) atoms. The number of aryl methyl sites for hydroxylation is 3. The summed E-state index contributed by atoms with van der Waals surface area (Å²) in [6.45, 7) is 14.4. The Kier molecular flexibility index (Phi) is 6.79. The van der Waals surface area contributed by atoms with Crippen LogP contribution in [0.5, 0.6) is 5.75 Å². The number of aromatic nitrogens is 2. The maximum Gasteiger partial charge on any atom is 0.339 e. The SMILES string of the molecule is COC(=O)[C@@H](OC(C)(C)C)c1c(C)nc2c(c(C)c(C)n2CC2CCO2)c1-c1ccc2c(c1)CCCO2. The largest absolute Gasteiger partial charge is 0.493 e. The monoisotopic (exact) mass is 506 g/mol. The summed E-state index contributed by atoms with van der Waals surface area (Å²) < 4.78 is 25.6. The highest BCUT2D eigenvalue weighted by Gasteiger charge is 2.35. The van der Waals surface area contributed by atoms with Crippen molar-refractivity contribution >= 4 is 17.0 Å². The van der Waals surface area contributed by atoms with Crippen molar-refractivity contribution in [2.24, 2.45) is 0 Å². The number of benzene rings is 1. The summed E-state index contributed by atoms with van der Waals surface area (Å²) in [4.78, 5) is 18.3. The number of rotatable bonds is 6. The summed E-state index contributed by atoms with van der Waals surface area (Å²) >= 11 is 0. The Morgan fingerprint density at radius 1 is 1.22 bits per heavy atom. The molecule has 4 heterocycles. The second-order valence-electron chi connectivity index (χ2n) is 11.2. The molecule has 1 saturated heterocycles. The highest BCUT2D eigenvalue weighted by molar-refractivity contribution is 6.01. The molecule has 0 spiro atoms. The molecule has 7 heteroatoms. The third-order valence-corrected chi connectivity index (χ3v) is 7.51. The molecule has 1 aromatic carbocycles. The summed E-state index contributed by atoms with van der Waals surface area (Å²) in [5.41, 5.74) is 7.34. The van der Waals surface area contributed by atoms with Crippen molar-refractivity contribution in [1.29, 1.82) is 0 Å². The van der Waals surface area contributed by atoms with E-state index in [-0.39, 0.29) is 6.10 Å². The number of ether oxygens (including phenoxy) is 4. The predicted molar refractivity (Wildman–Crippen MR) is 143 cm³/mol. The first kappa shape index (κ1) is 25.7. The number of carbonyl (C=O) groups excluding carboxylic acids is 1.